The van der Waals surface area contributed by atoms with Gasteiger partial charge in [0.2, 0.25) is 10.0 Å². The smallest absolute Gasteiger partial charge is 0.243 e. The van der Waals surface area contributed by atoms with Crippen LogP contribution in [0.5, 0.6) is 0 Å². The van der Waals surface area contributed by atoms with Crippen LogP contribution < -0.4 is 5.32 Å². The quantitative estimate of drug-likeness (QED) is 0.910. The second kappa shape index (κ2) is 7.76. The van der Waals surface area contributed by atoms with Crippen molar-refractivity contribution in [3.63, 3.8) is 0 Å². The molecule has 0 bridgehead atoms. The molecule has 2 rings (SSSR count). The van der Waals surface area contributed by atoms with Crippen LogP contribution >= 0.6 is 12.4 Å². The summed E-state index contributed by atoms with van der Waals surface area (Å²) in [6.45, 7) is 1.96. The fourth-order valence-electron chi connectivity index (χ4n) is 2.55. The summed E-state index contributed by atoms with van der Waals surface area (Å²) in [7, 11) is -1.56. The summed E-state index contributed by atoms with van der Waals surface area (Å²) in [6, 6.07) is 8.10. The molecule has 7 heteroatoms. The van der Waals surface area contributed by atoms with Gasteiger partial charge >= 0.3 is 0 Å². The van der Waals surface area contributed by atoms with Crippen molar-refractivity contribution in [2.24, 2.45) is 5.92 Å². The number of halogens is 1. The molecule has 0 spiro atoms. The summed E-state index contributed by atoms with van der Waals surface area (Å²) < 4.78 is 26.7. The van der Waals surface area contributed by atoms with E-state index in [1.807, 2.05) is 13.1 Å². The Kier molecular flexibility index (Phi) is 6.62. The molecule has 1 fully saturated rings. The Bertz CT molecular complexity index is 594. The molecule has 0 radical (unpaired) electrons. The minimum atomic E-state index is -3.44. The predicted molar refractivity (Wildman–Crippen MR) is 83.8 cm³/mol. The van der Waals surface area contributed by atoms with E-state index in [1.165, 1.54) is 12.1 Å². The predicted octanol–water partition coefficient (Wildman–Crippen LogP) is 1.60. The zero-order valence-electron chi connectivity index (χ0n) is 11.9. The van der Waals surface area contributed by atoms with Gasteiger partial charge in [-0.15, -0.1) is 12.4 Å². The molecule has 116 valence electrons. The number of hydrogen-bond donors (Lipinski definition) is 1. The molecule has 1 unspecified atom stereocenters. The summed E-state index contributed by atoms with van der Waals surface area (Å²) in [5.74, 6) is 0.363. The van der Waals surface area contributed by atoms with E-state index in [4.69, 9.17) is 5.26 Å². The minimum absolute atomic E-state index is 0. The van der Waals surface area contributed by atoms with Gasteiger partial charge in [0, 0.05) is 13.1 Å². The first-order valence-electron chi connectivity index (χ1n) is 6.73. The van der Waals surface area contributed by atoms with Crippen molar-refractivity contribution >= 4 is 22.4 Å². The van der Waals surface area contributed by atoms with Gasteiger partial charge in [-0.25, -0.2) is 8.42 Å². The largest absolute Gasteiger partial charge is 0.319 e. The monoisotopic (exact) mass is 329 g/mol. The molecule has 1 aromatic carbocycles. The van der Waals surface area contributed by atoms with Crippen molar-refractivity contribution in [3.8, 4) is 6.07 Å². The molecular formula is C14H20ClN3O2S. The van der Waals surface area contributed by atoms with Gasteiger partial charge in [0.15, 0.2) is 0 Å². The first-order chi connectivity index (χ1) is 9.57. The van der Waals surface area contributed by atoms with Crippen molar-refractivity contribution in [1.29, 1.82) is 5.26 Å². The van der Waals surface area contributed by atoms with E-state index in [0.29, 0.717) is 24.6 Å². The van der Waals surface area contributed by atoms with Gasteiger partial charge in [-0.1, -0.05) is 0 Å². The molecule has 1 atom stereocenters. The average Bonchev–Trinajstić information content (AvgIpc) is 2.48. The van der Waals surface area contributed by atoms with Crippen LogP contribution in [-0.2, 0) is 10.0 Å². The van der Waals surface area contributed by atoms with Crippen molar-refractivity contribution in [2.75, 3.05) is 26.7 Å². The van der Waals surface area contributed by atoms with Crippen LogP contribution in [0.25, 0.3) is 0 Å². The second-order valence-electron chi connectivity index (χ2n) is 5.07. The lowest BCUT2D eigenvalue weighted by atomic mass is 10.00. The van der Waals surface area contributed by atoms with Crippen LogP contribution in [0.1, 0.15) is 18.4 Å². The normalized spacial score (nSPS) is 19.5. The Morgan fingerprint density at radius 2 is 2.05 bits per heavy atom. The Morgan fingerprint density at radius 1 is 1.38 bits per heavy atom. The molecule has 0 aromatic heterocycles. The zero-order chi connectivity index (χ0) is 14.6. The number of rotatable bonds is 4. The van der Waals surface area contributed by atoms with Gasteiger partial charge in [0.25, 0.3) is 0 Å². The Balaban J connectivity index is 0.00000220. The molecule has 0 saturated carbocycles. The first kappa shape index (κ1) is 17.9. The SMILES string of the molecule is CNCC1CCCN(S(=O)(=O)c2ccc(C#N)cc2)C1.Cl. The van der Waals surface area contributed by atoms with E-state index < -0.39 is 10.0 Å². The van der Waals surface area contributed by atoms with Crippen LogP contribution in [0.3, 0.4) is 0 Å². The van der Waals surface area contributed by atoms with Crippen molar-refractivity contribution in [2.45, 2.75) is 17.7 Å². The molecule has 1 N–H and O–H groups in total. The summed E-state index contributed by atoms with van der Waals surface area (Å²) in [6.07, 6.45) is 1.95. The van der Waals surface area contributed by atoms with Crippen LogP contribution in [0.4, 0.5) is 0 Å². The number of nitrogens with zero attached hydrogens (tertiary/aromatic N) is 2. The Morgan fingerprint density at radius 3 is 2.62 bits per heavy atom. The minimum Gasteiger partial charge on any atom is -0.319 e. The van der Waals surface area contributed by atoms with Gasteiger partial charge in [-0.3, -0.25) is 0 Å². The fraction of sp³-hybridized carbons (Fsp3) is 0.500. The van der Waals surface area contributed by atoms with Crippen LogP contribution in [0.2, 0.25) is 0 Å². The molecule has 5 nitrogen and oxygen atoms in total. The van der Waals surface area contributed by atoms with Crippen molar-refractivity contribution < 1.29 is 8.42 Å². The van der Waals surface area contributed by atoms with E-state index in [-0.39, 0.29) is 17.3 Å². The van der Waals surface area contributed by atoms with Gasteiger partial charge in [0.1, 0.15) is 0 Å². The number of nitrogens with one attached hydrogen (secondary N) is 1. The standard InChI is InChI=1S/C14H19N3O2S.ClH/c1-16-10-13-3-2-8-17(11-13)20(18,19)14-6-4-12(9-15)5-7-14;/h4-7,13,16H,2-3,8,10-11H2,1H3;1H. The molecule has 1 aromatic rings. The van der Waals surface area contributed by atoms with Crippen LogP contribution in [0.15, 0.2) is 29.2 Å². The van der Waals surface area contributed by atoms with Gasteiger partial charge < -0.3 is 5.32 Å². The number of piperidine rings is 1. The lowest BCUT2D eigenvalue weighted by Crippen LogP contribution is -2.42. The maximum atomic E-state index is 12.6. The summed E-state index contributed by atoms with van der Waals surface area (Å²) in [4.78, 5) is 0.265. The molecule has 1 aliphatic heterocycles. The Labute approximate surface area is 132 Å². The van der Waals surface area contributed by atoms with E-state index in [2.05, 4.69) is 5.32 Å². The average molecular weight is 330 g/mol. The van der Waals surface area contributed by atoms with Crippen molar-refractivity contribution in [3.05, 3.63) is 29.8 Å². The summed E-state index contributed by atoms with van der Waals surface area (Å²) in [5.41, 5.74) is 0.468. The highest BCUT2D eigenvalue weighted by molar-refractivity contribution is 7.89. The number of benzene rings is 1. The fourth-order valence-corrected chi connectivity index (χ4v) is 4.11. The van der Waals surface area contributed by atoms with E-state index >= 15 is 0 Å². The third-order valence-electron chi connectivity index (χ3n) is 3.60. The maximum absolute atomic E-state index is 12.6. The van der Waals surface area contributed by atoms with E-state index in [9.17, 15) is 8.42 Å². The zero-order valence-corrected chi connectivity index (χ0v) is 13.6. The summed E-state index contributed by atoms with van der Waals surface area (Å²) in [5, 5.41) is 11.9. The van der Waals surface area contributed by atoms with E-state index in [0.717, 1.165) is 19.4 Å². The van der Waals surface area contributed by atoms with Gasteiger partial charge in [-0.2, -0.15) is 9.57 Å². The van der Waals surface area contributed by atoms with E-state index in [1.54, 1.807) is 16.4 Å². The third kappa shape index (κ3) is 4.17. The molecule has 0 aliphatic carbocycles. The molecule has 0 amide bonds. The summed E-state index contributed by atoms with van der Waals surface area (Å²) >= 11 is 0. The third-order valence-corrected chi connectivity index (χ3v) is 5.48. The van der Waals surface area contributed by atoms with Crippen LogP contribution in [-0.4, -0.2) is 39.4 Å². The highest BCUT2D eigenvalue weighted by Crippen LogP contribution is 2.23. The Hall–Kier alpha value is -1.13. The number of nitriles is 1. The second-order valence-corrected chi connectivity index (χ2v) is 7.00. The topological polar surface area (TPSA) is 73.2 Å². The van der Waals surface area contributed by atoms with Gasteiger partial charge in [-0.05, 0) is 56.6 Å². The highest BCUT2D eigenvalue weighted by atomic mass is 35.5. The van der Waals surface area contributed by atoms with Crippen molar-refractivity contribution in [1.82, 2.24) is 9.62 Å². The molecule has 1 heterocycles. The molecule has 1 saturated heterocycles. The molecule has 21 heavy (non-hydrogen) atoms. The number of sulfonamides is 1. The highest BCUT2D eigenvalue weighted by Gasteiger charge is 2.29. The molecule has 1 aliphatic rings. The lowest BCUT2D eigenvalue weighted by Gasteiger charge is -2.31. The molecular weight excluding hydrogens is 310 g/mol. The first-order valence-corrected chi connectivity index (χ1v) is 8.17. The number of hydrogen-bond acceptors (Lipinski definition) is 4. The maximum Gasteiger partial charge on any atom is 0.243 e. The van der Waals surface area contributed by atoms with Crippen LogP contribution in [0, 0.1) is 17.2 Å². The van der Waals surface area contributed by atoms with Gasteiger partial charge in [0.05, 0.1) is 16.5 Å². The lowest BCUT2D eigenvalue weighted by molar-refractivity contribution is 0.263.